The van der Waals surface area contributed by atoms with Crippen LogP contribution in [0, 0.1) is 11.4 Å². The van der Waals surface area contributed by atoms with Crippen LogP contribution < -0.4 is 0 Å². The summed E-state index contributed by atoms with van der Waals surface area (Å²) in [7, 11) is 0. The highest BCUT2D eigenvalue weighted by Gasteiger charge is 2.35. The quantitative estimate of drug-likeness (QED) is 0.834. The van der Waals surface area contributed by atoms with Gasteiger partial charge in [-0.05, 0) is 18.3 Å². The van der Waals surface area contributed by atoms with Crippen molar-refractivity contribution in [3.8, 4) is 0 Å². The molecule has 0 bridgehead atoms. The zero-order chi connectivity index (χ0) is 11.8. The Balaban J connectivity index is 2.08. The van der Waals surface area contributed by atoms with Crippen LogP contribution in [0.1, 0.15) is 37.2 Å². The lowest BCUT2D eigenvalue weighted by Gasteiger charge is -2.22. The maximum atomic E-state index is 12.7. The molecule has 0 saturated carbocycles. The molecule has 1 saturated heterocycles. The second-order valence-electron chi connectivity index (χ2n) is 4.74. The van der Waals surface area contributed by atoms with Crippen molar-refractivity contribution in [3.05, 3.63) is 17.7 Å². The molecule has 0 aromatic carbocycles. The Hall–Kier alpha value is -1.39. The summed E-state index contributed by atoms with van der Waals surface area (Å²) in [5.41, 5.74) is 0.364. The maximum absolute atomic E-state index is 12.7. The summed E-state index contributed by atoms with van der Waals surface area (Å²) in [5, 5.41) is 5.79. The number of hydrogen-bond donors (Lipinski definition) is 1. The summed E-state index contributed by atoms with van der Waals surface area (Å²) in [6.07, 6.45) is 2.05. The third-order valence-electron chi connectivity index (χ3n) is 3.46. The molecule has 1 aliphatic rings. The molecule has 1 aliphatic heterocycles. The van der Waals surface area contributed by atoms with Gasteiger partial charge in [-0.1, -0.05) is 13.8 Å². The van der Waals surface area contributed by atoms with Crippen molar-refractivity contribution in [1.82, 2.24) is 15.1 Å². The zero-order valence-corrected chi connectivity index (χ0v) is 9.59. The third kappa shape index (κ3) is 1.94. The number of rotatable bonds is 2. The highest BCUT2D eigenvalue weighted by atomic mass is 19.1. The van der Waals surface area contributed by atoms with Gasteiger partial charge in [-0.3, -0.25) is 9.89 Å². The molecule has 1 aromatic rings. The van der Waals surface area contributed by atoms with E-state index in [-0.39, 0.29) is 17.0 Å². The molecule has 0 spiro atoms. The van der Waals surface area contributed by atoms with Crippen LogP contribution in [-0.2, 0) is 0 Å². The number of H-pyrrole nitrogens is 1. The first-order chi connectivity index (χ1) is 7.54. The Morgan fingerprint density at radius 1 is 1.75 bits per heavy atom. The number of likely N-dealkylation sites (tertiary alicyclic amines) is 1. The first kappa shape index (κ1) is 11.1. The summed E-state index contributed by atoms with van der Waals surface area (Å²) in [5.74, 6) is -0.752. The maximum Gasteiger partial charge on any atom is 0.274 e. The van der Waals surface area contributed by atoms with Gasteiger partial charge in [-0.15, -0.1) is 0 Å². The van der Waals surface area contributed by atoms with E-state index in [1.54, 1.807) is 4.90 Å². The van der Waals surface area contributed by atoms with E-state index < -0.39 is 5.95 Å². The number of amides is 1. The van der Waals surface area contributed by atoms with Crippen molar-refractivity contribution in [2.24, 2.45) is 5.41 Å². The van der Waals surface area contributed by atoms with Crippen LogP contribution in [0.4, 0.5) is 4.39 Å². The van der Waals surface area contributed by atoms with E-state index in [0.717, 1.165) is 32.0 Å². The van der Waals surface area contributed by atoms with E-state index in [1.165, 1.54) is 0 Å². The number of aromatic amines is 1. The van der Waals surface area contributed by atoms with Crippen molar-refractivity contribution >= 4 is 5.91 Å². The highest BCUT2D eigenvalue weighted by molar-refractivity contribution is 5.92. The van der Waals surface area contributed by atoms with Gasteiger partial charge in [-0.2, -0.15) is 9.49 Å². The van der Waals surface area contributed by atoms with Gasteiger partial charge in [0, 0.05) is 19.2 Å². The Kier molecular flexibility index (Phi) is 2.69. The predicted octanol–water partition coefficient (Wildman–Crippen LogP) is 1.81. The van der Waals surface area contributed by atoms with Gasteiger partial charge in [0.2, 0.25) is 5.95 Å². The summed E-state index contributed by atoms with van der Waals surface area (Å²) in [6, 6.07) is 1.14. The topological polar surface area (TPSA) is 49.0 Å². The summed E-state index contributed by atoms with van der Waals surface area (Å²) in [4.78, 5) is 13.7. The number of nitrogens with zero attached hydrogens (tertiary/aromatic N) is 2. The Morgan fingerprint density at radius 2 is 2.50 bits per heavy atom. The summed E-state index contributed by atoms with van der Waals surface area (Å²) in [6.45, 7) is 5.77. The fraction of sp³-hybridized carbons (Fsp3) is 0.636. The molecule has 1 aromatic heterocycles. The molecule has 2 heterocycles. The smallest absolute Gasteiger partial charge is 0.274 e. The van der Waals surface area contributed by atoms with E-state index in [0.29, 0.717) is 0 Å². The number of halogens is 1. The van der Waals surface area contributed by atoms with Crippen molar-refractivity contribution in [2.75, 3.05) is 13.1 Å². The molecule has 1 N–H and O–H groups in total. The lowest BCUT2D eigenvalue weighted by molar-refractivity contribution is 0.0769. The monoisotopic (exact) mass is 225 g/mol. The second-order valence-corrected chi connectivity index (χ2v) is 4.74. The number of carbonyl (C=O) groups excluding carboxylic acids is 1. The summed E-state index contributed by atoms with van der Waals surface area (Å²) < 4.78 is 12.7. The minimum absolute atomic E-state index is 0.165. The SMILES string of the molecule is CCC1(C)CCN(C(=O)c2cc(F)[nH]n2)C1. The fourth-order valence-electron chi connectivity index (χ4n) is 2.06. The van der Waals surface area contributed by atoms with Crippen LogP contribution in [0.3, 0.4) is 0 Å². The zero-order valence-electron chi connectivity index (χ0n) is 9.59. The number of carbonyl (C=O) groups is 1. The van der Waals surface area contributed by atoms with E-state index in [4.69, 9.17) is 0 Å². The molecule has 5 heteroatoms. The van der Waals surface area contributed by atoms with Crippen molar-refractivity contribution in [3.63, 3.8) is 0 Å². The molecular formula is C11H16FN3O. The van der Waals surface area contributed by atoms with Crippen LogP contribution in [0.2, 0.25) is 0 Å². The first-order valence-corrected chi connectivity index (χ1v) is 5.54. The fourth-order valence-corrected chi connectivity index (χ4v) is 2.06. The summed E-state index contributed by atoms with van der Waals surface area (Å²) >= 11 is 0. The Morgan fingerprint density at radius 3 is 3.00 bits per heavy atom. The minimum atomic E-state index is -0.569. The van der Waals surface area contributed by atoms with Gasteiger partial charge in [0.15, 0.2) is 5.69 Å². The van der Waals surface area contributed by atoms with Gasteiger partial charge in [0.1, 0.15) is 0 Å². The molecule has 1 unspecified atom stereocenters. The van der Waals surface area contributed by atoms with Crippen molar-refractivity contribution < 1.29 is 9.18 Å². The normalized spacial score (nSPS) is 25.1. The Labute approximate surface area is 93.8 Å². The van der Waals surface area contributed by atoms with Gasteiger partial charge >= 0.3 is 0 Å². The van der Waals surface area contributed by atoms with Crippen molar-refractivity contribution in [2.45, 2.75) is 26.7 Å². The van der Waals surface area contributed by atoms with E-state index in [2.05, 4.69) is 24.0 Å². The number of hydrogen-bond acceptors (Lipinski definition) is 2. The lowest BCUT2D eigenvalue weighted by Crippen LogP contribution is -2.31. The van der Waals surface area contributed by atoms with Gasteiger partial charge in [0.25, 0.3) is 5.91 Å². The second kappa shape index (κ2) is 3.88. The van der Waals surface area contributed by atoms with Crippen LogP contribution in [0.25, 0.3) is 0 Å². The molecule has 4 nitrogen and oxygen atoms in total. The minimum Gasteiger partial charge on any atom is -0.337 e. The molecule has 1 fully saturated rings. The molecule has 0 aliphatic carbocycles. The van der Waals surface area contributed by atoms with E-state index >= 15 is 0 Å². The van der Waals surface area contributed by atoms with Crippen LogP contribution >= 0.6 is 0 Å². The van der Waals surface area contributed by atoms with Gasteiger partial charge in [0.05, 0.1) is 0 Å². The predicted molar refractivity (Wildman–Crippen MR) is 57.5 cm³/mol. The first-order valence-electron chi connectivity index (χ1n) is 5.54. The molecule has 1 amide bonds. The van der Waals surface area contributed by atoms with Crippen LogP contribution in [0.15, 0.2) is 6.07 Å². The van der Waals surface area contributed by atoms with Gasteiger partial charge < -0.3 is 4.90 Å². The molecule has 16 heavy (non-hydrogen) atoms. The van der Waals surface area contributed by atoms with Gasteiger partial charge in [-0.25, -0.2) is 0 Å². The average molecular weight is 225 g/mol. The molecule has 88 valence electrons. The molecular weight excluding hydrogens is 209 g/mol. The number of aromatic nitrogens is 2. The number of nitrogens with one attached hydrogen (secondary N) is 1. The highest BCUT2D eigenvalue weighted by Crippen LogP contribution is 2.33. The van der Waals surface area contributed by atoms with Crippen molar-refractivity contribution in [1.29, 1.82) is 0 Å². The third-order valence-corrected chi connectivity index (χ3v) is 3.46. The molecule has 0 radical (unpaired) electrons. The van der Waals surface area contributed by atoms with E-state index in [9.17, 15) is 9.18 Å². The Bertz CT molecular complexity index is 404. The largest absolute Gasteiger partial charge is 0.337 e. The van der Waals surface area contributed by atoms with Crippen LogP contribution in [0.5, 0.6) is 0 Å². The average Bonchev–Trinajstić information content (AvgIpc) is 2.85. The molecule has 2 rings (SSSR count). The van der Waals surface area contributed by atoms with E-state index in [1.807, 2.05) is 0 Å². The lowest BCUT2D eigenvalue weighted by atomic mass is 9.87. The molecule has 1 atom stereocenters. The standard InChI is InChI=1S/C11H16FN3O/c1-3-11(2)4-5-15(7-11)10(16)8-6-9(12)14-13-8/h6H,3-5,7H2,1-2H3,(H,13,14). The van der Waals surface area contributed by atoms with Crippen LogP contribution in [-0.4, -0.2) is 34.1 Å².